The molecule has 0 aromatic heterocycles. The van der Waals surface area contributed by atoms with Gasteiger partial charge in [0.05, 0.1) is 5.69 Å². The molecule has 0 bridgehead atoms. The lowest BCUT2D eigenvalue weighted by Crippen LogP contribution is -2.50. The van der Waals surface area contributed by atoms with E-state index in [1.807, 2.05) is 18.2 Å². The van der Waals surface area contributed by atoms with Crippen molar-refractivity contribution >= 4 is 28.7 Å². The first-order valence-corrected chi connectivity index (χ1v) is 8.61. The van der Waals surface area contributed by atoms with Crippen LogP contribution in [0.2, 0.25) is 0 Å². The molecule has 5 heteroatoms. The third kappa shape index (κ3) is 3.62. The van der Waals surface area contributed by atoms with Gasteiger partial charge in [0.1, 0.15) is 5.75 Å². The molecule has 0 aliphatic carbocycles. The van der Waals surface area contributed by atoms with E-state index in [1.54, 1.807) is 6.07 Å². The summed E-state index contributed by atoms with van der Waals surface area (Å²) in [5.41, 5.74) is 4.37. The van der Waals surface area contributed by atoms with Gasteiger partial charge >= 0.3 is 0 Å². The minimum Gasteiger partial charge on any atom is -0.506 e. The summed E-state index contributed by atoms with van der Waals surface area (Å²) in [5.74, 6) is 0.335. The number of nitrogens with zero attached hydrogens (tertiary/aromatic N) is 2. The zero-order valence-corrected chi connectivity index (χ0v) is 14.9. The predicted octanol–water partition coefficient (Wildman–Crippen LogP) is 3.53. The van der Waals surface area contributed by atoms with Crippen LogP contribution in [0, 0.1) is 13.8 Å². The lowest BCUT2D eigenvalue weighted by Gasteiger charge is -2.37. The second-order valence-electron chi connectivity index (χ2n) is 6.21. The molecule has 0 spiro atoms. The number of hydrogen-bond acceptors (Lipinski definition) is 3. The second kappa shape index (κ2) is 7.09. The second-order valence-corrected chi connectivity index (χ2v) is 6.60. The van der Waals surface area contributed by atoms with Crippen molar-refractivity contribution in [2.24, 2.45) is 0 Å². The molecule has 2 aromatic carbocycles. The van der Waals surface area contributed by atoms with E-state index in [4.69, 9.17) is 12.2 Å². The Morgan fingerprint density at radius 3 is 2.46 bits per heavy atom. The quantitative estimate of drug-likeness (QED) is 0.818. The summed E-state index contributed by atoms with van der Waals surface area (Å²) < 4.78 is 0. The first-order chi connectivity index (χ1) is 11.5. The number of benzene rings is 2. The molecule has 0 saturated carbocycles. The van der Waals surface area contributed by atoms with Gasteiger partial charge in [0, 0.05) is 31.9 Å². The summed E-state index contributed by atoms with van der Waals surface area (Å²) in [6.07, 6.45) is 0. The summed E-state index contributed by atoms with van der Waals surface area (Å²) in [6.45, 7) is 7.52. The van der Waals surface area contributed by atoms with Crippen molar-refractivity contribution in [2.75, 3.05) is 36.4 Å². The van der Waals surface area contributed by atoms with Crippen LogP contribution >= 0.6 is 12.2 Å². The van der Waals surface area contributed by atoms with Gasteiger partial charge in [-0.2, -0.15) is 0 Å². The Morgan fingerprint density at radius 1 is 1.04 bits per heavy atom. The Hall–Kier alpha value is -2.27. The van der Waals surface area contributed by atoms with Gasteiger partial charge in [-0.3, -0.25) is 0 Å². The maximum Gasteiger partial charge on any atom is 0.173 e. The third-order valence-electron chi connectivity index (χ3n) is 4.42. The fourth-order valence-corrected chi connectivity index (χ4v) is 3.24. The first-order valence-electron chi connectivity index (χ1n) is 8.21. The number of para-hydroxylation sites is 2. The number of aromatic hydroxyl groups is 1. The van der Waals surface area contributed by atoms with Crippen LogP contribution in [0.25, 0.3) is 0 Å². The minimum atomic E-state index is 0.335. The highest BCUT2D eigenvalue weighted by atomic mass is 32.1. The molecule has 1 fully saturated rings. The Bertz CT molecular complexity index is 739. The number of rotatable bonds is 2. The van der Waals surface area contributed by atoms with Crippen LogP contribution in [0.4, 0.5) is 11.4 Å². The number of anilines is 2. The van der Waals surface area contributed by atoms with Crippen molar-refractivity contribution in [1.29, 1.82) is 0 Å². The molecule has 3 rings (SSSR count). The number of aryl methyl sites for hydroxylation is 2. The molecule has 126 valence electrons. The van der Waals surface area contributed by atoms with E-state index in [1.165, 1.54) is 11.1 Å². The van der Waals surface area contributed by atoms with E-state index in [9.17, 15) is 5.11 Å². The zero-order valence-electron chi connectivity index (χ0n) is 14.1. The standard InChI is InChI=1S/C19H23N3OS/c1-14-7-8-15(2)16(13-14)20-19(24)22-11-9-21(10-12-22)17-5-3-4-6-18(17)23/h3-8,13,23H,9-12H2,1-2H3,(H,20,24). The molecule has 2 aromatic rings. The number of phenolic OH excluding ortho intramolecular Hbond substituents is 1. The molecule has 1 saturated heterocycles. The highest BCUT2D eigenvalue weighted by molar-refractivity contribution is 7.80. The summed E-state index contributed by atoms with van der Waals surface area (Å²) >= 11 is 5.59. The molecule has 1 heterocycles. The van der Waals surface area contributed by atoms with Crippen LogP contribution in [-0.4, -0.2) is 41.3 Å². The van der Waals surface area contributed by atoms with Crippen molar-refractivity contribution in [3.8, 4) is 5.75 Å². The van der Waals surface area contributed by atoms with Crippen molar-refractivity contribution < 1.29 is 5.11 Å². The largest absolute Gasteiger partial charge is 0.506 e. The zero-order chi connectivity index (χ0) is 17.1. The Balaban J connectivity index is 1.61. The van der Waals surface area contributed by atoms with E-state index in [2.05, 4.69) is 47.2 Å². The topological polar surface area (TPSA) is 38.7 Å². The molecule has 1 aliphatic rings. The van der Waals surface area contributed by atoms with Gasteiger partial charge in [-0.05, 0) is 55.4 Å². The van der Waals surface area contributed by atoms with Gasteiger partial charge in [0.2, 0.25) is 0 Å². The summed E-state index contributed by atoms with van der Waals surface area (Å²) in [6, 6.07) is 13.8. The molecule has 24 heavy (non-hydrogen) atoms. The molecule has 2 N–H and O–H groups in total. The van der Waals surface area contributed by atoms with Crippen LogP contribution in [0.5, 0.6) is 5.75 Å². The number of piperazine rings is 1. The van der Waals surface area contributed by atoms with Gasteiger partial charge in [-0.1, -0.05) is 24.3 Å². The molecular formula is C19H23N3OS. The van der Waals surface area contributed by atoms with Crippen molar-refractivity contribution in [3.05, 3.63) is 53.6 Å². The molecule has 0 unspecified atom stereocenters. The van der Waals surface area contributed by atoms with E-state index in [0.29, 0.717) is 5.75 Å². The maximum atomic E-state index is 10.00. The summed E-state index contributed by atoms with van der Waals surface area (Å²) in [4.78, 5) is 4.39. The van der Waals surface area contributed by atoms with Gasteiger partial charge < -0.3 is 20.2 Å². The van der Waals surface area contributed by atoms with Crippen molar-refractivity contribution in [3.63, 3.8) is 0 Å². The lowest BCUT2D eigenvalue weighted by molar-refractivity contribution is 0.387. The number of nitrogens with one attached hydrogen (secondary N) is 1. The molecule has 4 nitrogen and oxygen atoms in total. The number of thiocarbonyl (C=S) groups is 1. The minimum absolute atomic E-state index is 0.335. The first kappa shape index (κ1) is 16.6. The van der Waals surface area contributed by atoms with E-state index < -0.39 is 0 Å². The average Bonchev–Trinajstić information content (AvgIpc) is 2.59. The van der Waals surface area contributed by atoms with E-state index in [0.717, 1.165) is 42.7 Å². The monoisotopic (exact) mass is 341 g/mol. The van der Waals surface area contributed by atoms with Crippen LogP contribution in [0.3, 0.4) is 0 Å². The van der Waals surface area contributed by atoms with Crippen molar-refractivity contribution in [1.82, 2.24) is 4.90 Å². The Labute approximate surface area is 148 Å². The SMILES string of the molecule is Cc1ccc(C)c(NC(=S)N2CCN(c3ccccc3O)CC2)c1. The smallest absolute Gasteiger partial charge is 0.173 e. The highest BCUT2D eigenvalue weighted by Crippen LogP contribution is 2.27. The summed E-state index contributed by atoms with van der Waals surface area (Å²) in [7, 11) is 0. The molecular weight excluding hydrogens is 318 g/mol. The van der Waals surface area contributed by atoms with E-state index >= 15 is 0 Å². The van der Waals surface area contributed by atoms with Crippen LogP contribution < -0.4 is 10.2 Å². The van der Waals surface area contributed by atoms with E-state index in [-0.39, 0.29) is 0 Å². The molecule has 0 amide bonds. The Kier molecular flexibility index (Phi) is 4.90. The summed E-state index contributed by atoms with van der Waals surface area (Å²) in [5, 5.41) is 14.1. The van der Waals surface area contributed by atoms with Gasteiger partial charge in [0.25, 0.3) is 0 Å². The Morgan fingerprint density at radius 2 is 1.75 bits per heavy atom. The average molecular weight is 341 g/mol. The maximum absolute atomic E-state index is 10.00. The predicted molar refractivity (Wildman–Crippen MR) is 104 cm³/mol. The number of hydrogen-bond donors (Lipinski definition) is 2. The molecule has 0 radical (unpaired) electrons. The van der Waals surface area contributed by atoms with Crippen molar-refractivity contribution in [2.45, 2.75) is 13.8 Å². The van der Waals surface area contributed by atoms with Crippen LogP contribution in [0.15, 0.2) is 42.5 Å². The lowest BCUT2D eigenvalue weighted by atomic mass is 10.1. The molecule has 0 atom stereocenters. The van der Waals surface area contributed by atoms with Gasteiger partial charge in [-0.25, -0.2) is 0 Å². The normalized spacial score (nSPS) is 14.6. The van der Waals surface area contributed by atoms with Crippen LogP contribution in [-0.2, 0) is 0 Å². The molecule has 1 aliphatic heterocycles. The van der Waals surface area contributed by atoms with Gasteiger partial charge in [-0.15, -0.1) is 0 Å². The van der Waals surface area contributed by atoms with Gasteiger partial charge in [0.15, 0.2) is 5.11 Å². The van der Waals surface area contributed by atoms with Crippen LogP contribution in [0.1, 0.15) is 11.1 Å². The third-order valence-corrected chi connectivity index (χ3v) is 4.78. The fraction of sp³-hybridized carbons (Fsp3) is 0.316. The number of phenols is 1. The highest BCUT2D eigenvalue weighted by Gasteiger charge is 2.21. The fourth-order valence-electron chi connectivity index (χ4n) is 2.95.